The fourth-order valence-corrected chi connectivity index (χ4v) is 4.66. The van der Waals surface area contributed by atoms with Crippen LogP contribution in [0.5, 0.6) is 11.5 Å². The Morgan fingerprint density at radius 2 is 1.55 bits per heavy atom. The largest absolute Gasteiger partial charge is 0.482 e. The molecule has 0 spiro atoms. The van der Waals surface area contributed by atoms with Crippen LogP contribution in [-0.2, 0) is 11.3 Å². The average molecular weight is 569 g/mol. The molecule has 0 aliphatic heterocycles. The zero-order valence-corrected chi connectivity index (χ0v) is 20.6. The van der Waals surface area contributed by atoms with Crippen LogP contribution in [0.4, 0.5) is 0 Å². The Morgan fingerprint density at radius 1 is 0.818 bits per heavy atom. The van der Waals surface area contributed by atoms with Gasteiger partial charge in [0, 0.05) is 22.1 Å². The van der Waals surface area contributed by atoms with E-state index in [9.17, 15) is 9.59 Å². The maximum atomic E-state index is 12.5. The van der Waals surface area contributed by atoms with Crippen LogP contribution >= 0.6 is 31.9 Å². The molecule has 0 saturated heterocycles. The van der Waals surface area contributed by atoms with E-state index in [1.165, 1.54) is 0 Å². The summed E-state index contributed by atoms with van der Waals surface area (Å²) in [7, 11) is 0. The van der Waals surface area contributed by atoms with Crippen LogP contribution in [-0.4, -0.2) is 18.5 Å². The lowest BCUT2D eigenvalue weighted by Gasteiger charge is -2.14. The van der Waals surface area contributed by atoms with Gasteiger partial charge in [0.2, 0.25) is 0 Å². The fourth-order valence-electron chi connectivity index (χ4n) is 3.27. The summed E-state index contributed by atoms with van der Waals surface area (Å²) in [6.07, 6.45) is 0. The van der Waals surface area contributed by atoms with Gasteiger partial charge in [-0.1, -0.05) is 64.5 Å². The van der Waals surface area contributed by atoms with E-state index in [0.29, 0.717) is 27.1 Å². The quantitative estimate of drug-likeness (QED) is 0.210. The predicted molar refractivity (Wildman–Crippen MR) is 135 cm³/mol. The Labute approximate surface area is 208 Å². The van der Waals surface area contributed by atoms with E-state index in [1.807, 2.05) is 48.5 Å². The Balaban J connectivity index is 1.42. The van der Waals surface area contributed by atoms with Gasteiger partial charge < -0.3 is 14.8 Å². The number of nitrogens with one attached hydrogen (secondary N) is 1. The highest BCUT2D eigenvalue weighted by molar-refractivity contribution is 9.11. The minimum Gasteiger partial charge on any atom is -0.482 e. The van der Waals surface area contributed by atoms with Crippen molar-refractivity contribution in [2.24, 2.45) is 0 Å². The molecule has 33 heavy (non-hydrogen) atoms. The molecular formula is C26H19Br2NO4. The summed E-state index contributed by atoms with van der Waals surface area (Å²) in [6, 6.07) is 26.0. The molecule has 0 unspecified atom stereocenters. The van der Waals surface area contributed by atoms with Gasteiger partial charge in [-0.05, 0) is 63.1 Å². The van der Waals surface area contributed by atoms with Gasteiger partial charge in [0.25, 0.3) is 5.91 Å². The van der Waals surface area contributed by atoms with Crippen molar-refractivity contribution in [3.05, 3.63) is 105 Å². The molecule has 4 rings (SSSR count). The number of halogens is 2. The number of carbonyl (C=O) groups excluding carboxylic acids is 2. The third-order valence-electron chi connectivity index (χ3n) is 4.85. The molecule has 0 heterocycles. The lowest BCUT2D eigenvalue weighted by Crippen LogP contribution is -2.24. The Kier molecular flexibility index (Phi) is 7.42. The van der Waals surface area contributed by atoms with E-state index in [1.54, 1.807) is 36.4 Å². The fraction of sp³-hybridized carbons (Fsp3) is 0.0769. The van der Waals surface area contributed by atoms with Gasteiger partial charge in [0.05, 0.1) is 4.47 Å². The second-order valence-electron chi connectivity index (χ2n) is 7.20. The van der Waals surface area contributed by atoms with Crippen molar-refractivity contribution < 1.29 is 19.1 Å². The smallest absolute Gasteiger partial charge is 0.349 e. The summed E-state index contributed by atoms with van der Waals surface area (Å²) in [5.41, 5.74) is 1.19. The van der Waals surface area contributed by atoms with Crippen molar-refractivity contribution in [3.8, 4) is 11.5 Å². The van der Waals surface area contributed by atoms with Crippen LogP contribution < -0.4 is 14.8 Å². The zero-order chi connectivity index (χ0) is 23.2. The summed E-state index contributed by atoms with van der Waals surface area (Å²) in [4.78, 5) is 24.9. The monoisotopic (exact) mass is 567 g/mol. The van der Waals surface area contributed by atoms with E-state index < -0.39 is 5.97 Å². The molecule has 1 N–H and O–H groups in total. The number of amides is 1. The standard InChI is InChI=1S/C26H19Br2NO4/c27-21-12-20(15-29-26(31)18-7-2-1-3-8-18)25(23(28)14-21)33-24(30)16-32-22-11-10-17-6-4-5-9-19(17)13-22/h1-14H,15-16H2,(H,29,31). The maximum Gasteiger partial charge on any atom is 0.349 e. The van der Waals surface area contributed by atoms with Crippen molar-refractivity contribution in [1.82, 2.24) is 5.32 Å². The third kappa shape index (κ3) is 6.00. The van der Waals surface area contributed by atoms with Crippen molar-refractivity contribution >= 4 is 54.5 Å². The van der Waals surface area contributed by atoms with Gasteiger partial charge in [-0.25, -0.2) is 4.79 Å². The van der Waals surface area contributed by atoms with E-state index >= 15 is 0 Å². The first-order valence-corrected chi connectivity index (χ1v) is 11.7. The highest BCUT2D eigenvalue weighted by Crippen LogP contribution is 2.33. The van der Waals surface area contributed by atoms with Gasteiger partial charge in [-0.3, -0.25) is 4.79 Å². The summed E-state index contributed by atoms with van der Waals surface area (Å²) in [5.74, 6) is 0.139. The van der Waals surface area contributed by atoms with E-state index in [-0.39, 0.29) is 19.1 Å². The summed E-state index contributed by atoms with van der Waals surface area (Å²) >= 11 is 6.88. The molecule has 7 heteroatoms. The minimum atomic E-state index is -0.554. The van der Waals surface area contributed by atoms with Crippen LogP contribution in [0.1, 0.15) is 15.9 Å². The summed E-state index contributed by atoms with van der Waals surface area (Å²) < 4.78 is 12.6. The van der Waals surface area contributed by atoms with E-state index in [4.69, 9.17) is 9.47 Å². The molecule has 0 radical (unpaired) electrons. The lowest BCUT2D eigenvalue weighted by molar-refractivity contribution is -0.136. The van der Waals surface area contributed by atoms with Gasteiger partial charge in [-0.15, -0.1) is 0 Å². The number of hydrogen-bond donors (Lipinski definition) is 1. The molecule has 0 fully saturated rings. The molecule has 0 aliphatic rings. The number of ether oxygens (including phenoxy) is 2. The molecule has 166 valence electrons. The lowest BCUT2D eigenvalue weighted by atomic mass is 10.1. The van der Waals surface area contributed by atoms with Crippen LogP contribution in [0.25, 0.3) is 10.8 Å². The molecule has 0 bridgehead atoms. The van der Waals surface area contributed by atoms with Crippen molar-refractivity contribution in [3.63, 3.8) is 0 Å². The number of rotatable bonds is 7. The first-order valence-electron chi connectivity index (χ1n) is 10.1. The van der Waals surface area contributed by atoms with Gasteiger partial charge in [0.1, 0.15) is 11.5 Å². The van der Waals surface area contributed by atoms with Crippen LogP contribution in [0.2, 0.25) is 0 Å². The van der Waals surface area contributed by atoms with E-state index in [2.05, 4.69) is 37.2 Å². The highest BCUT2D eigenvalue weighted by atomic mass is 79.9. The molecule has 1 amide bonds. The molecule has 0 aliphatic carbocycles. The molecule has 5 nitrogen and oxygen atoms in total. The molecule has 4 aromatic carbocycles. The van der Waals surface area contributed by atoms with Crippen LogP contribution in [0, 0.1) is 0 Å². The van der Waals surface area contributed by atoms with Crippen molar-refractivity contribution in [2.75, 3.05) is 6.61 Å². The summed E-state index contributed by atoms with van der Waals surface area (Å²) in [6.45, 7) is -0.0728. The SMILES string of the molecule is O=C(COc1ccc2ccccc2c1)Oc1c(Br)cc(Br)cc1CNC(=O)c1ccccc1. The van der Waals surface area contributed by atoms with Crippen LogP contribution in [0.3, 0.4) is 0 Å². The van der Waals surface area contributed by atoms with Crippen LogP contribution in [0.15, 0.2) is 93.9 Å². The second kappa shape index (κ2) is 10.6. The molecular weight excluding hydrogens is 550 g/mol. The number of fused-ring (bicyclic) bond motifs is 1. The van der Waals surface area contributed by atoms with Crippen molar-refractivity contribution in [1.29, 1.82) is 0 Å². The number of esters is 1. The minimum absolute atomic E-state index is 0.180. The highest BCUT2D eigenvalue weighted by Gasteiger charge is 2.16. The first kappa shape index (κ1) is 23.0. The summed E-state index contributed by atoms with van der Waals surface area (Å²) in [5, 5.41) is 4.97. The predicted octanol–water partition coefficient (Wildman–Crippen LogP) is 6.28. The van der Waals surface area contributed by atoms with Gasteiger partial charge in [0.15, 0.2) is 6.61 Å². The normalized spacial score (nSPS) is 10.6. The number of hydrogen-bond acceptors (Lipinski definition) is 4. The maximum absolute atomic E-state index is 12.5. The first-order chi connectivity index (χ1) is 16.0. The molecule has 0 atom stereocenters. The van der Waals surface area contributed by atoms with Gasteiger partial charge >= 0.3 is 5.97 Å². The molecule has 0 saturated carbocycles. The Hall–Kier alpha value is -3.16. The zero-order valence-electron chi connectivity index (χ0n) is 17.4. The van der Waals surface area contributed by atoms with Crippen molar-refractivity contribution in [2.45, 2.75) is 6.54 Å². The van der Waals surface area contributed by atoms with Gasteiger partial charge in [-0.2, -0.15) is 0 Å². The second-order valence-corrected chi connectivity index (χ2v) is 8.97. The number of benzene rings is 4. The topological polar surface area (TPSA) is 64.6 Å². The number of carbonyl (C=O) groups is 2. The Bertz CT molecular complexity index is 1310. The van der Waals surface area contributed by atoms with E-state index in [0.717, 1.165) is 15.2 Å². The molecule has 0 aromatic heterocycles. The average Bonchev–Trinajstić information content (AvgIpc) is 2.83. The molecule has 4 aromatic rings. The Morgan fingerprint density at radius 3 is 2.33 bits per heavy atom. The third-order valence-corrected chi connectivity index (χ3v) is 5.90.